The molecule has 1 unspecified atom stereocenters. The minimum absolute atomic E-state index is 0.0343. The highest BCUT2D eigenvalue weighted by atomic mass is 32.1. The van der Waals surface area contributed by atoms with Crippen molar-refractivity contribution in [2.24, 2.45) is 0 Å². The Kier molecular flexibility index (Phi) is 4.58. The third-order valence-electron chi connectivity index (χ3n) is 4.28. The Hall–Kier alpha value is -2.86. The van der Waals surface area contributed by atoms with E-state index >= 15 is 0 Å². The van der Waals surface area contributed by atoms with Crippen molar-refractivity contribution in [2.75, 3.05) is 12.1 Å². The number of hydrogen-bond donors (Lipinski definition) is 1. The van der Waals surface area contributed by atoms with Crippen molar-refractivity contribution >= 4 is 22.4 Å². The highest BCUT2D eigenvalue weighted by Gasteiger charge is 2.16. The summed E-state index contributed by atoms with van der Waals surface area (Å²) in [5, 5.41) is 5.42. The summed E-state index contributed by atoms with van der Waals surface area (Å²) in [5.41, 5.74) is 2.89. The van der Waals surface area contributed by atoms with Crippen LogP contribution >= 0.6 is 11.3 Å². The first-order chi connectivity index (χ1) is 12.7. The summed E-state index contributed by atoms with van der Waals surface area (Å²) in [6.07, 6.45) is 0.420. The zero-order chi connectivity index (χ0) is 17.9. The highest BCUT2D eigenvalue weighted by Crippen LogP contribution is 2.36. The number of carbonyl (C=O) groups excluding carboxylic acids is 1. The van der Waals surface area contributed by atoms with E-state index < -0.39 is 0 Å². The number of hydrogen-bond acceptors (Lipinski definition) is 5. The molecular weight excluding hydrogens is 348 g/mol. The van der Waals surface area contributed by atoms with Gasteiger partial charge in [0.25, 0.3) is 0 Å². The Balaban J connectivity index is 1.41. The molecule has 1 amide bonds. The number of benzene rings is 2. The van der Waals surface area contributed by atoms with Gasteiger partial charge in [0.2, 0.25) is 12.7 Å². The molecule has 1 aromatic heterocycles. The van der Waals surface area contributed by atoms with Gasteiger partial charge in [-0.25, -0.2) is 4.98 Å². The van der Waals surface area contributed by atoms with E-state index in [9.17, 15) is 4.79 Å². The van der Waals surface area contributed by atoms with Crippen LogP contribution in [0.15, 0.2) is 53.9 Å². The highest BCUT2D eigenvalue weighted by molar-refractivity contribution is 7.14. The molecule has 0 aliphatic carbocycles. The van der Waals surface area contributed by atoms with Gasteiger partial charge in [0.15, 0.2) is 16.6 Å². The van der Waals surface area contributed by atoms with E-state index in [1.54, 1.807) is 0 Å². The lowest BCUT2D eigenvalue weighted by molar-refractivity contribution is -0.116. The molecule has 132 valence electrons. The fourth-order valence-corrected chi connectivity index (χ4v) is 3.60. The molecule has 5 nitrogen and oxygen atoms in total. The van der Waals surface area contributed by atoms with Crippen molar-refractivity contribution in [3.05, 3.63) is 59.5 Å². The molecule has 6 heteroatoms. The average Bonchev–Trinajstić information content (AvgIpc) is 3.30. The largest absolute Gasteiger partial charge is 0.454 e. The van der Waals surface area contributed by atoms with E-state index in [-0.39, 0.29) is 18.6 Å². The van der Waals surface area contributed by atoms with Crippen LogP contribution in [0.2, 0.25) is 0 Å². The molecule has 1 aliphatic rings. The predicted molar refractivity (Wildman–Crippen MR) is 102 cm³/mol. The SMILES string of the molecule is CC(CC(=O)Nc1nc(-c2ccc3c(c2)OCO3)cs1)c1ccccc1. The average molecular weight is 366 g/mol. The molecule has 0 radical (unpaired) electrons. The van der Waals surface area contributed by atoms with Gasteiger partial charge in [-0.3, -0.25) is 4.79 Å². The minimum Gasteiger partial charge on any atom is -0.454 e. The van der Waals surface area contributed by atoms with E-state index in [0.29, 0.717) is 11.6 Å². The summed E-state index contributed by atoms with van der Waals surface area (Å²) in [7, 11) is 0. The number of ether oxygens (including phenoxy) is 2. The van der Waals surface area contributed by atoms with Crippen LogP contribution in [0.1, 0.15) is 24.8 Å². The predicted octanol–water partition coefficient (Wildman–Crippen LogP) is 4.67. The third-order valence-corrected chi connectivity index (χ3v) is 5.04. The van der Waals surface area contributed by atoms with Crippen molar-refractivity contribution in [1.29, 1.82) is 0 Å². The molecule has 2 aromatic carbocycles. The fourth-order valence-electron chi connectivity index (χ4n) is 2.87. The number of anilines is 1. The van der Waals surface area contributed by atoms with Crippen LogP contribution in [0.4, 0.5) is 5.13 Å². The van der Waals surface area contributed by atoms with E-state index in [2.05, 4.69) is 17.2 Å². The lowest BCUT2D eigenvalue weighted by Crippen LogP contribution is -2.14. The second kappa shape index (κ2) is 7.17. The van der Waals surface area contributed by atoms with Crippen LogP contribution in [0.3, 0.4) is 0 Å². The molecule has 0 spiro atoms. The maximum Gasteiger partial charge on any atom is 0.231 e. The molecule has 2 heterocycles. The standard InChI is InChI=1S/C20H18N2O3S/c1-13(14-5-3-2-4-6-14)9-19(23)22-20-21-16(11-26-20)15-7-8-17-18(10-15)25-12-24-17/h2-8,10-11,13H,9,12H2,1H3,(H,21,22,23). The van der Waals surface area contributed by atoms with Crippen molar-refractivity contribution < 1.29 is 14.3 Å². The van der Waals surface area contributed by atoms with E-state index in [1.807, 2.05) is 53.9 Å². The first-order valence-corrected chi connectivity index (χ1v) is 9.27. The molecule has 3 aromatic rings. The van der Waals surface area contributed by atoms with Crippen LogP contribution in [0, 0.1) is 0 Å². The van der Waals surface area contributed by atoms with Gasteiger partial charge in [0, 0.05) is 17.4 Å². The smallest absolute Gasteiger partial charge is 0.231 e. The lowest BCUT2D eigenvalue weighted by Gasteiger charge is -2.10. The summed E-state index contributed by atoms with van der Waals surface area (Å²) >= 11 is 1.41. The first-order valence-electron chi connectivity index (χ1n) is 8.39. The van der Waals surface area contributed by atoms with Crippen molar-refractivity contribution in [3.63, 3.8) is 0 Å². The van der Waals surface area contributed by atoms with Crippen LogP contribution in [0.5, 0.6) is 11.5 Å². The van der Waals surface area contributed by atoms with Gasteiger partial charge in [0.1, 0.15) is 0 Å². The monoisotopic (exact) mass is 366 g/mol. The lowest BCUT2D eigenvalue weighted by atomic mass is 9.98. The molecule has 0 saturated carbocycles. The van der Waals surface area contributed by atoms with Gasteiger partial charge in [-0.1, -0.05) is 37.3 Å². The maximum atomic E-state index is 12.3. The third kappa shape index (κ3) is 3.55. The topological polar surface area (TPSA) is 60.5 Å². The zero-order valence-electron chi connectivity index (χ0n) is 14.3. The Bertz CT molecular complexity index is 924. The molecule has 1 atom stereocenters. The minimum atomic E-state index is -0.0343. The normalized spacial score (nSPS) is 13.4. The number of nitrogens with zero attached hydrogens (tertiary/aromatic N) is 1. The number of carbonyl (C=O) groups is 1. The fraction of sp³-hybridized carbons (Fsp3) is 0.200. The second-order valence-electron chi connectivity index (χ2n) is 6.17. The Morgan fingerprint density at radius 2 is 2.00 bits per heavy atom. The van der Waals surface area contributed by atoms with Gasteiger partial charge >= 0.3 is 0 Å². The molecule has 1 N–H and O–H groups in total. The van der Waals surface area contributed by atoms with Gasteiger partial charge < -0.3 is 14.8 Å². The Morgan fingerprint density at radius 3 is 2.85 bits per heavy atom. The molecule has 1 aliphatic heterocycles. The molecule has 4 rings (SSSR count). The number of thiazole rings is 1. The van der Waals surface area contributed by atoms with Crippen LogP contribution in [-0.4, -0.2) is 17.7 Å². The summed E-state index contributed by atoms with van der Waals surface area (Å²) in [6, 6.07) is 15.7. The van der Waals surface area contributed by atoms with Crippen molar-refractivity contribution in [1.82, 2.24) is 4.98 Å². The van der Waals surface area contributed by atoms with Gasteiger partial charge in [0.05, 0.1) is 5.69 Å². The molecule has 26 heavy (non-hydrogen) atoms. The van der Waals surface area contributed by atoms with Gasteiger partial charge in [-0.05, 0) is 29.7 Å². The molecule has 0 saturated heterocycles. The van der Waals surface area contributed by atoms with Crippen LogP contribution in [-0.2, 0) is 4.79 Å². The number of rotatable bonds is 5. The summed E-state index contributed by atoms with van der Waals surface area (Å²) < 4.78 is 10.7. The molecule has 0 bridgehead atoms. The quantitative estimate of drug-likeness (QED) is 0.713. The zero-order valence-corrected chi connectivity index (χ0v) is 15.1. The number of aromatic nitrogens is 1. The number of nitrogens with one attached hydrogen (secondary N) is 1. The number of amides is 1. The van der Waals surface area contributed by atoms with E-state index in [4.69, 9.17) is 9.47 Å². The van der Waals surface area contributed by atoms with E-state index in [0.717, 1.165) is 28.3 Å². The van der Waals surface area contributed by atoms with Crippen LogP contribution < -0.4 is 14.8 Å². The molecular formula is C20H18N2O3S. The van der Waals surface area contributed by atoms with Gasteiger partial charge in [-0.2, -0.15) is 0 Å². The molecule has 0 fully saturated rings. The maximum absolute atomic E-state index is 12.3. The summed E-state index contributed by atoms with van der Waals surface area (Å²) in [4.78, 5) is 16.8. The van der Waals surface area contributed by atoms with Crippen molar-refractivity contribution in [2.45, 2.75) is 19.3 Å². The summed E-state index contributed by atoms with van der Waals surface area (Å²) in [5.74, 6) is 1.59. The van der Waals surface area contributed by atoms with Gasteiger partial charge in [-0.15, -0.1) is 11.3 Å². The summed E-state index contributed by atoms with van der Waals surface area (Å²) in [6.45, 7) is 2.30. The first kappa shape index (κ1) is 16.6. The van der Waals surface area contributed by atoms with Crippen molar-refractivity contribution in [3.8, 4) is 22.8 Å². The Morgan fingerprint density at radius 1 is 1.19 bits per heavy atom. The van der Waals surface area contributed by atoms with Crippen LogP contribution in [0.25, 0.3) is 11.3 Å². The second-order valence-corrected chi connectivity index (χ2v) is 7.03. The Labute approximate surface area is 155 Å². The van der Waals surface area contributed by atoms with E-state index in [1.165, 1.54) is 11.3 Å². The number of fused-ring (bicyclic) bond motifs is 1.